The van der Waals surface area contributed by atoms with E-state index in [1.54, 1.807) is 0 Å². The first-order valence-corrected chi connectivity index (χ1v) is 9.24. The van der Waals surface area contributed by atoms with Crippen molar-refractivity contribution in [1.82, 2.24) is 0 Å². The SMILES string of the molecule is COc1ccc(NS(=O)(=O)C2CC2)cc1S(=O)(=O)Cl. The van der Waals surface area contributed by atoms with E-state index >= 15 is 0 Å². The number of ether oxygens (including phenoxy) is 1. The van der Waals surface area contributed by atoms with Crippen molar-refractivity contribution in [3.05, 3.63) is 18.2 Å². The number of sulfonamides is 1. The number of benzene rings is 1. The number of methoxy groups -OCH3 is 1. The first kappa shape index (κ1) is 14.4. The normalized spacial score (nSPS) is 16.1. The topological polar surface area (TPSA) is 89.5 Å². The molecule has 1 N–H and O–H groups in total. The van der Waals surface area contributed by atoms with Crippen molar-refractivity contribution in [1.29, 1.82) is 0 Å². The third-order valence-corrected chi connectivity index (χ3v) is 5.86. The van der Waals surface area contributed by atoms with Gasteiger partial charge in [0.1, 0.15) is 10.6 Å². The molecular weight excluding hydrogens is 314 g/mol. The molecule has 1 aliphatic carbocycles. The van der Waals surface area contributed by atoms with Gasteiger partial charge in [0.25, 0.3) is 9.05 Å². The summed E-state index contributed by atoms with van der Waals surface area (Å²) in [6.45, 7) is 0. The lowest BCUT2D eigenvalue weighted by atomic mass is 10.3. The van der Waals surface area contributed by atoms with E-state index in [1.165, 1.54) is 19.2 Å². The number of halogens is 1. The van der Waals surface area contributed by atoms with Crippen molar-refractivity contribution in [3.63, 3.8) is 0 Å². The third kappa shape index (κ3) is 3.31. The van der Waals surface area contributed by atoms with E-state index in [9.17, 15) is 16.8 Å². The molecule has 9 heteroatoms. The highest BCUT2D eigenvalue weighted by Crippen LogP contribution is 2.33. The molecule has 0 atom stereocenters. The summed E-state index contributed by atoms with van der Waals surface area (Å²) in [5.74, 6) is 0.0596. The van der Waals surface area contributed by atoms with Crippen LogP contribution in [0, 0.1) is 0 Å². The Morgan fingerprint density at radius 1 is 1.26 bits per heavy atom. The van der Waals surface area contributed by atoms with Gasteiger partial charge in [0.05, 0.1) is 18.0 Å². The van der Waals surface area contributed by atoms with Crippen molar-refractivity contribution >= 4 is 35.4 Å². The van der Waals surface area contributed by atoms with E-state index in [0.29, 0.717) is 12.8 Å². The zero-order valence-electron chi connectivity index (χ0n) is 9.96. The van der Waals surface area contributed by atoms with Crippen molar-refractivity contribution < 1.29 is 21.6 Å². The predicted octanol–water partition coefficient (Wildman–Crippen LogP) is 1.53. The zero-order chi connectivity index (χ0) is 14.3. The molecule has 19 heavy (non-hydrogen) atoms. The van der Waals surface area contributed by atoms with Gasteiger partial charge in [0.15, 0.2) is 0 Å². The van der Waals surface area contributed by atoms with Gasteiger partial charge in [0.2, 0.25) is 10.0 Å². The van der Waals surface area contributed by atoms with E-state index in [1.807, 2.05) is 0 Å². The number of anilines is 1. The second kappa shape index (κ2) is 4.84. The summed E-state index contributed by atoms with van der Waals surface area (Å²) in [5.41, 5.74) is 0.145. The molecule has 6 nitrogen and oxygen atoms in total. The molecule has 1 saturated carbocycles. The van der Waals surface area contributed by atoms with Gasteiger partial charge in [-0.2, -0.15) is 0 Å². The molecule has 0 aromatic heterocycles. The lowest BCUT2D eigenvalue weighted by molar-refractivity contribution is 0.403. The molecule has 1 aromatic rings. The molecule has 0 amide bonds. The van der Waals surface area contributed by atoms with E-state index in [0.717, 1.165) is 6.07 Å². The fourth-order valence-corrected chi connectivity index (χ4v) is 3.96. The molecule has 0 saturated heterocycles. The maximum atomic E-state index is 11.8. The van der Waals surface area contributed by atoms with Gasteiger partial charge in [-0.1, -0.05) is 0 Å². The van der Waals surface area contributed by atoms with Gasteiger partial charge in [-0.25, -0.2) is 16.8 Å². The quantitative estimate of drug-likeness (QED) is 0.829. The Kier molecular flexibility index (Phi) is 3.67. The number of hydrogen-bond donors (Lipinski definition) is 1. The highest BCUT2D eigenvalue weighted by atomic mass is 35.7. The first-order chi connectivity index (χ1) is 8.74. The molecule has 1 fully saturated rings. The average molecular weight is 326 g/mol. The Morgan fingerprint density at radius 3 is 2.37 bits per heavy atom. The van der Waals surface area contributed by atoms with Crippen molar-refractivity contribution in [2.75, 3.05) is 11.8 Å². The lowest BCUT2D eigenvalue weighted by Gasteiger charge is -2.10. The van der Waals surface area contributed by atoms with E-state index in [2.05, 4.69) is 4.72 Å². The Hall–Kier alpha value is -0.990. The average Bonchev–Trinajstić information content (AvgIpc) is 3.11. The highest BCUT2D eigenvalue weighted by Gasteiger charge is 2.35. The van der Waals surface area contributed by atoms with Crippen LogP contribution in [0.5, 0.6) is 5.75 Å². The van der Waals surface area contributed by atoms with Gasteiger partial charge >= 0.3 is 0 Å². The van der Waals surface area contributed by atoms with Crippen LogP contribution < -0.4 is 9.46 Å². The van der Waals surface area contributed by atoms with Crippen LogP contribution in [0.3, 0.4) is 0 Å². The van der Waals surface area contributed by atoms with Gasteiger partial charge in [-0.05, 0) is 31.0 Å². The van der Waals surface area contributed by atoms with Gasteiger partial charge in [-0.15, -0.1) is 0 Å². The van der Waals surface area contributed by atoms with Crippen LogP contribution in [-0.4, -0.2) is 29.2 Å². The van der Waals surface area contributed by atoms with Crippen LogP contribution in [-0.2, 0) is 19.1 Å². The minimum atomic E-state index is -4.02. The van der Waals surface area contributed by atoms with Gasteiger partial charge in [-0.3, -0.25) is 4.72 Å². The predicted molar refractivity (Wildman–Crippen MR) is 71.6 cm³/mol. The summed E-state index contributed by atoms with van der Waals surface area (Å²) in [7, 11) is -0.890. The number of nitrogens with one attached hydrogen (secondary N) is 1. The minimum Gasteiger partial charge on any atom is -0.495 e. The van der Waals surface area contributed by atoms with Gasteiger partial charge < -0.3 is 4.74 Å². The largest absolute Gasteiger partial charge is 0.495 e. The van der Waals surface area contributed by atoms with Crippen molar-refractivity contribution in [3.8, 4) is 5.75 Å². The van der Waals surface area contributed by atoms with Crippen LogP contribution in [0.2, 0.25) is 0 Å². The maximum Gasteiger partial charge on any atom is 0.265 e. The van der Waals surface area contributed by atoms with Crippen LogP contribution in [0.4, 0.5) is 5.69 Å². The van der Waals surface area contributed by atoms with Crippen molar-refractivity contribution in [2.24, 2.45) is 0 Å². The standard InChI is InChI=1S/C10H12ClNO5S2/c1-17-9-5-2-7(6-10(9)18(11,13)14)12-19(15,16)8-3-4-8/h2,5-6,8,12H,3-4H2,1H3. The van der Waals surface area contributed by atoms with E-state index in [4.69, 9.17) is 15.4 Å². The smallest absolute Gasteiger partial charge is 0.265 e. The van der Waals surface area contributed by atoms with Crippen LogP contribution >= 0.6 is 10.7 Å². The first-order valence-electron chi connectivity index (χ1n) is 5.38. The molecule has 0 aliphatic heterocycles. The second-order valence-corrected chi connectivity index (χ2v) is 8.65. The summed E-state index contributed by atoms with van der Waals surface area (Å²) in [5, 5.41) is -0.398. The van der Waals surface area contributed by atoms with Crippen LogP contribution in [0.25, 0.3) is 0 Å². The lowest BCUT2D eigenvalue weighted by Crippen LogP contribution is -2.17. The Labute approximate surface area is 116 Å². The number of rotatable bonds is 5. The third-order valence-electron chi connectivity index (χ3n) is 2.65. The molecule has 2 rings (SSSR count). The Bertz CT molecular complexity index is 695. The van der Waals surface area contributed by atoms with Crippen LogP contribution in [0.1, 0.15) is 12.8 Å². The summed E-state index contributed by atoms with van der Waals surface area (Å²) in [6, 6.07) is 3.91. The van der Waals surface area contributed by atoms with E-state index < -0.39 is 24.3 Å². The zero-order valence-corrected chi connectivity index (χ0v) is 12.3. The molecule has 106 valence electrons. The Morgan fingerprint density at radius 2 is 1.89 bits per heavy atom. The highest BCUT2D eigenvalue weighted by molar-refractivity contribution is 8.13. The van der Waals surface area contributed by atoms with Crippen LogP contribution in [0.15, 0.2) is 23.1 Å². The molecule has 1 aliphatic rings. The second-order valence-electron chi connectivity index (χ2n) is 4.15. The molecule has 0 spiro atoms. The molecule has 0 bridgehead atoms. The summed E-state index contributed by atoms with van der Waals surface area (Å²) in [6.07, 6.45) is 1.23. The molecule has 0 unspecified atom stereocenters. The summed E-state index contributed by atoms with van der Waals surface area (Å²) >= 11 is 0. The molecule has 1 aromatic carbocycles. The number of hydrogen-bond acceptors (Lipinski definition) is 5. The fraction of sp³-hybridized carbons (Fsp3) is 0.400. The summed E-state index contributed by atoms with van der Waals surface area (Å²) in [4.78, 5) is -0.271. The minimum absolute atomic E-state index is 0.0596. The molecule has 0 heterocycles. The Balaban J connectivity index is 2.38. The maximum absolute atomic E-state index is 11.8. The molecule has 0 radical (unpaired) electrons. The van der Waals surface area contributed by atoms with Gasteiger partial charge in [0, 0.05) is 10.7 Å². The van der Waals surface area contributed by atoms with Crippen molar-refractivity contribution in [2.45, 2.75) is 23.0 Å². The molecular formula is C10H12ClNO5S2. The summed E-state index contributed by atoms with van der Waals surface area (Å²) < 4.78 is 53.5. The fourth-order valence-electron chi connectivity index (χ4n) is 1.56. The van der Waals surface area contributed by atoms with E-state index in [-0.39, 0.29) is 16.3 Å². The monoisotopic (exact) mass is 325 g/mol.